The lowest BCUT2D eigenvalue weighted by Gasteiger charge is -2.49. The van der Waals surface area contributed by atoms with Crippen molar-refractivity contribution in [3.63, 3.8) is 0 Å². The van der Waals surface area contributed by atoms with Gasteiger partial charge in [0, 0.05) is 18.6 Å². The molecule has 1 aromatic heterocycles. The zero-order chi connectivity index (χ0) is 32.5. The molecule has 45 heavy (non-hydrogen) atoms. The van der Waals surface area contributed by atoms with E-state index >= 15 is 0 Å². The number of phenolic OH excluding ortho intramolecular Hbond substituents is 1. The predicted molar refractivity (Wildman–Crippen MR) is 160 cm³/mol. The van der Waals surface area contributed by atoms with Gasteiger partial charge in [0.2, 0.25) is 21.1 Å². The van der Waals surface area contributed by atoms with Gasteiger partial charge in [-0.3, -0.25) is 19.3 Å². The molecule has 3 heterocycles. The number of benzene rings is 2. The predicted octanol–water partition coefficient (Wildman–Crippen LogP) is -0.174. The number of nitrogens with zero attached hydrogens (tertiary/aromatic N) is 5. The SMILES string of the molecule is CNS(=O)(=O)c1ccc(O)c(C(=O)N[C@H](C(=O)NC2C(=O)N3C(C(=O)O)=C(CSc4nnnn4C)CS[C@@H]23)c2ccccc2)c1. The summed E-state index contributed by atoms with van der Waals surface area (Å²) >= 11 is 2.50. The van der Waals surface area contributed by atoms with Crippen LogP contribution in [-0.4, -0.2) is 97.4 Å². The number of carbonyl (C=O) groups excluding carboxylic acids is 3. The molecule has 0 saturated carbocycles. The van der Waals surface area contributed by atoms with Gasteiger partial charge < -0.3 is 20.8 Å². The van der Waals surface area contributed by atoms with Crippen molar-refractivity contribution >= 4 is 57.2 Å². The van der Waals surface area contributed by atoms with Crippen LogP contribution in [0.5, 0.6) is 5.75 Å². The van der Waals surface area contributed by atoms with Crippen molar-refractivity contribution in [3.8, 4) is 5.75 Å². The first-order valence-electron chi connectivity index (χ1n) is 13.1. The number of hydrogen-bond donors (Lipinski definition) is 5. The van der Waals surface area contributed by atoms with E-state index in [-0.39, 0.29) is 22.1 Å². The van der Waals surface area contributed by atoms with E-state index in [9.17, 15) is 37.8 Å². The summed E-state index contributed by atoms with van der Waals surface area (Å²) in [7, 11) is -1.11. The van der Waals surface area contributed by atoms with Crippen molar-refractivity contribution in [1.29, 1.82) is 0 Å². The number of carboxylic acid groups (broad SMARTS) is 1. The highest BCUT2D eigenvalue weighted by Crippen LogP contribution is 2.41. The monoisotopic (exact) mass is 674 g/mol. The minimum absolute atomic E-state index is 0.170. The average Bonchev–Trinajstić information content (AvgIpc) is 3.45. The lowest BCUT2D eigenvalue weighted by molar-refractivity contribution is -0.151. The number of carboxylic acids is 1. The van der Waals surface area contributed by atoms with Crippen molar-refractivity contribution in [3.05, 3.63) is 70.9 Å². The normalized spacial score (nSPS) is 18.5. The number of carbonyl (C=O) groups is 4. The van der Waals surface area contributed by atoms with Crippen molar-refractivity contribution in [1.82, 2.24) is 40.5 Å². The van der Waals surface area contributed by atoms with Gasteiger partial charge in [0.1, 0.15) is 28.9 Å². The summed E-state index contributed by atoms with van der Waals surface area (Å²) in [5.41, 5.74) is 0.265. The van der Waals surface area contributed by atoms with Crippen LogP contribution in [0, 0.1) is 0 Å². The first-order chi connectivity index (χ1) is 21.4. The van der Waals surface area contributed by atoms with E-state index in [1.54, 1.807) is 37.4 Å². The third-order valence-corrected chi connectivity index (χ3v) is 10.8. The Morgan fingerprint density at radius 1 is 1.18 bits per heavy atom. The van der Waals surface area contributed by atoms with Crippen LogP contribution in [0.15, 0.2) is 69.9 Å². The van der Waals surface area contributed by atoms with Gasteiger partial charge in [0.05, 0.1) is 10.5 Å². The van der Waals surface area contributed by atoms with Gasteiger partial charge in [-0.05, 0) is 46.8 Å². The standard InChI is InChI=1S/C26H26N8O8S3/c1-27-45(41,42)15-8-9-17(35)16(10-15)21(36)28-18(13-6-4-3-5-7-13)22(37)29-19-23(38)34-20(25(39)40)14(11-43-24(19)34)12-44-26-30-31-32-33(26)2/h3-10,18-19,24,27,35H,11-12H2,1-2H3,(H,28,36)(H,29,37)(H,39,40)/t18-,19?,24-/m0/s1. The molecule has 19 heteroatoms. The lowest BCUT2D eigenvalue weighted by Crippen LogP contribution is -2.71. The number of aliphatic carboxylic acids is 1. The van der Waals surface area contributed by atoms with Crippen molar-refractivity contribution in [2.75, 3.05) is 18.6 Å². The number of rotatable bonds is 11. The average molecular weight is 675 g/mol. The smallest absolute Gasteiger partial charge is 0.352 e. The molecule has 2 aromatic carbocycles. The molecule has 0 spiro atoms. The van der Waals surface area contributed by atoms with Crippen LogP contribution >= 0.6 is 23.5 Å². The second-order valence-corrected chi connectivity index (χ2v) is 13.7. The number of sulfonamides is 1. The molecule has 3 atom stereocenters. The Bertz CT molecular complexity index is 1820. The molecule has 0 aliphatic carbocycles. The highest BCUT2D eigenvalue weighted by atomic mass is 32.2. The molecule has 0 radical (unpaired) electrons. The number of tetrazole rings is 1. The molecule has 3 aromatic rings. The second kappa shape index (κ2) is 12.9. The van der Waals surface area contributed by atoms with Gasteiger partial charge in [-0.25, -0.2) is 22.6 Å². The topological polar surface area (TPSA) is 226 Å². The van der Waals surface area contributed by atoms with Crippen LogP contribution < -0.4 is 15.4 Å². The van der Waals surface area contributed by atoms with Crippen molar-refractivity contribution in [2.45, 2.75) is 27.5 Å². The zero-order valence-corrected chi connectivity index (χ0v) is 26.0. The fourth-order valence-corrected chi connectivity index (χ4v) is 7.75. The molecule has 5 N–H and O–H groups in total. The molecular formula is C26H26N8O8S3. The van der Waals surface area contributed by atoms with Crippen LogP contribution in [-0.2, 0) is 31.5 Å². The number of phenols is 1. The largest absolute Gasteiger partial charge is 0.507 e. The summed E-state index contributed by atoms with van der Waals surface area (Å²) in [6, 6.07) is 8.78. The minimum Gasteiger partial charge on any atom is -0.507 e. The molecule has 1 unspecified atom stereocenters. The maximum atomic E-state index is 13.6. The summed E-state index contributed by atoms with van der Waals surface area (Å²) < 4.78 is 28.1. The summed E-state index contributed by atoms with van der Waals surface area (Å²) in [6.45, 7) is 0. The zero-order valence-electron chi connectivity index (χ0n) is 23.6. The first-order valence-corrected chi connectivity index (χ1v) is 16.6. The molecule has 3 amide bonds. The number of aryl methyl sites for hydroxylation is 1. The van der Waals surface area contributed by atoms with E-state index in [1.807, 2.05) is 0 Å². The first kappa shape index (κ1) is 31.9. The quantitative estimate of drug-likeness (QED) is 0.132. The summed E-state index contributed by atoms with van der Waals surface area (Å²) in [4.78, 5) is 53.2. The summed E-state index contributed by atoms with van der Waals surface area (Å²) in [5, 5.41) is 36.4. The maximum Gasteiger partial charge on any atom is 0.352 e. The van der Waals surface area contributed by atoms with E-state index in [4.69, 9.17) is 0 Å². The Hall–Kier alpha value is -4.46. The van der Waals surface area contributed by atoms with Gasteiger partial charge in [-0.2, -0.15) is 0 Å². The highest BCUT2D eigenvalue weighted by Gasteiger charge is 2.54. The van der Waals surface area contributed by atoms with E-state index in [2.05, 4.69) is 30.9 Å². The molecule has 236 valence electrons. The van der Waals surface area contributed by atoms with E-state index in [0.717, 1.165) is 23.1 Å². The minimum atomic E-state index is -3.95. The number of aromatic hydroxyl groups is 1. The molecule has 16 nitrogen and oxygen atoms in total. The molecule has 5 rings (SSSR count). The number of thioether (sulfide) groups is 2. The Kier molecular flexibility index (Phi) is 9.14. The second-order valence-electron chi connectivity index (χ2n) is 9.73. The summed E-state index contributed by atoms with van der Waals surface area (Å²) in [6.07, 6.45) is 0. The molecule has 2 aliphatic heterocycles. The number of amides is 3. The van der Waals surface area contributed by atoms with Crippen LogP contribution in [0.2, 0.25) is 0 Å². The van der Waals surface area contributed by atoms with E-state index < -0.39 is 62.5 Å². The molecule has 1 saturated heterocycles. The Balaban J connectivity index is 1.35. The Labute approximate surface area is 264 Å². The Morgan fingerprint density at radius 2 is 1.91 bits per heavy atom. The fourth-order valence-electron chi connectivity index (χ4n) is 4.66. The summed E-state index contributed by atoms with van der Waals surface area (Å²) in [5.74, 6) is -3.68. The molecular weight excluding hydrogens is 649 g/mol. The van der Waals surface area contributed by atoms with Gasteiger partial charge in [-0.15, -0.1) is 16.9 Å². The van der Waals surface area contributed by atoms with E-state index in [0.29, 0.717) is 16.3 Å². The maximum absolute atomic E-state index is 13.6. The number of hydrogen-bond acceptors (Lipinski definition) is 12. The number of nitrogens with one attached hydrogen (secondary N) is 3. The van der Waals surface area contributed by atoms with E-state index in [1.165, 1.54) is 35.3 Å². The van der Waals surface area contributed by atoms with Crippen LogP contribution in [0.1, 0.15) is 22.0 Å². The van der Waals surface area contributed by atoms with Gasteiger partial charge in [0.25, 0.3) is 11.8 Å². The molecule has 0 bridgehead atoms. The van der Waals surface area contributed by atoms with Crippen LogP contribution in [0.25, 0.3) is 0 Å². The number of fused-ring (bicyclic) bond motifs is 1. The van der Waals surface area contributed by atoms with Gasteiger partial charge >= 0.3 is 5.97 Å². The van der Waals surface area contributed by atoms with Crippen molar-refractivity contribution in [2.24, 2.45) is 7.05 Å². The highest BCUT2D eigenvalue weighted by molar-refractivity contribution is 8.01. The van der Waals surface area contributed by atoms with Crippen molar-refractivity contribution < 1.29 is 37.8 Å². The van der Waals surface area contributed by atoms with Gasteiger partial charge in [0.15, 0.2) is 0 Å². The fraction of sp³-hybridized carbons (Fsp3) is 0.269. The number of β-lactam (4-membered cyclic amide) rings is 1. The lowest BCUT2D eigenvalue weighted by atomic mass is 10.0. The molecule has 1 fully saturated rings. The Morgan fingerprint density at radius 3 is 2.56 bits per heavy atom. The third kappa shape index (κ3) is 6.37. The third-order valence-electron chi connectivity index (χ3n) is 6.97. The van der Waals surface area contributed by atoms with Gasteiger partial charge in [-0.1, -0.05) is 42.1 Å². The van der Waals surface area contributed by atoms with Crippen LogP contribution in [0.4, 0.5) is 0 Å². The molecule has 2 aliphatic rings. The number of aromatic nitrogens is 4. The van der Waals surface area contributed by atoms with Crippen LogP contribution in [0.3, 0.4) is 0 Å².